The van der Waals surface area contributed by atoms with Crippen LogP contribution in [0, 0.1) is 0 Å². The first-order valence-corrected chi connectivity index (χ1v) is 2.61. The third kappa shape index (κ3) is 4.70. The van der Waals surface area contributed by atoms with Gasteiger partial charge in [-0.1, -0.05) is 0 Å². The number of hydrogen-bond acceptors (Lipinski definition) is 3. The molecule has 0 spiro atoms. The number of hydrogen-bond donors (Lipinski definition) is 2. The second-order valence-electron chi connectivity index (χ2n) is 1.74. The number of carbonyl (C=O) groups is 1. The number of aromatic amines is 1. The second-order valence-corrected chi connectivity index (χ2v) is 1.74. The van der Waals surface area contributed by atoms with Crippen LogP contribution in [0.4, 0.5) is 0 Å². The summed E-state index contributed by atoms with van der Waals surface area (Å²) in [6.45, 7) is 0. The molecule has 0 fully saturated rings. The Balaban J connectivity index is -0.000000403. The molecule has 0 atom stereocenters. The van der Waals surface area contributed by atoms with Gasteiger partial charge in [-0.25, -0.2) is 4.79 Å². The van der Waals surface area contributed by atoms with Gasteiger partial charge in [0.1, 0.15) is 0 Å². The second kappa shape index (κ2) is 7.19. The normalized spacial score (nSPS) is 7.43. The maximum atomic E-state index is 10.5. The van der Waals surface area contributed by atoms with Crippen LogP contribution >= 0.6 is 0 Å². The molecular weight excluding hydrogens is 375 g/mol. The van der Waals surface area contributed by atoms with Crippen molar-refractivity contribution in [1.82, 2.24) is 9.97 Å². The van der Waals surface area contributed by atoms with Crippen molar-refractivity contribution in [2.45, 2.75) is 0 Å². The third-order valence-electron chi connectivity index (χ3n) is 0.939. The van der Waals surface area contributed by atoms with E-state index < -0.39 is 22.9 Å². The van der Waals surface area contributed by atoms with Gasteiger partial charge in [0.05, 0.1) is 5.69 Å². The SMILES string of the molecule is O=C(O)c1cc(=O)[nH]c(=O)[n-]1.[NH2-].[NH2-].[Pt]. The zero-order valence-electron chi connectivity index (χ0n) is 6.67. The molecule has 84 valence electrons. The summed E-state index contributed by atoms with van der Waals surface area (Å²) >= 11 is 0. The molecule has 0 saturated heterocycles. The molecule has 8 nitrogen and oxygen atoms in total. The van der Waals surface area contributed by atoms with E-state index in [1.54, 1.807) is 4.98 Å². The average Bonchev–Trinajstić information content (AvgIpc) is 1.85. The van der Waals surface area contributed by atoms with Crippen molar-refractivity contribution >= 4 is 5.97 Å². The van der Waals surface area contributed by atoms with Gasteiger partial charge in [0.15, 0.2) is 11.2 Å². The smallest absolute Gasteiger partial charge is 0.331 e. The van der Waals surface area contributed by atoms with E-state index in [-0.39, 0.29) is 33.4 Å². The fraction of sp³-hybridized carbons (Fsp3) is 0. The van der Waals surface area contributed by atoms with E-state index in [9.17, 15) is 14.4 Å². The van der Waals surface area contributed by atoms with Crippen LogP contribution in [0.1, 0.15) is 10.5 Å². The van der Waals surface area contributed by atoms with E-state index in [4.69, 9.17) is 5.11 Å². The Morgan fingerprint density at radius 3 is 2.21 bits per heavy atom. The summed E-state index contributed by atoms with van der Waals surface area (Å²) in [5, 5.41) is 8.28. The monoisotopic (exact) mass is 382 g/mol. The first-order valence-electron chi connectivity index (χ1n) is 2.61. The van der Waals surface area contributed by atoms with Gasteiger partial charge in [-0.2, -0.15) is 0 Å². The van der Waals surface area contributed by atoms with Crippen molar-refractivity contribution in [2.75, 3.05) is 0 Å². The first-order chi connectivity index (χ1) is 5.09. The average molecular weight is 382 g/mol. The van der Waals surface area contributed by atoms with Crippen molar-refractivity contribution < 1.29 is 31.0 Å². The number of carboxylic acid groups (broad SMARTS) is 1. The van der Waals surface area contributed by atoms with Gasteiger partial charge >= 0.3 is 5.97 Å². The summed E-state index contributed by atoms with van der Waals surface area (Å²) in [6, 6.07) is 0.740. The Morgan fingerprint density at radius 1 is 1.36 bits per heavy atom. The summed E-state index contributed by atoms with van der Waals surface area (Å²) in [7, 11) is 0. The zero-order chi connectivity index (χ0) is 8.43. The molecule has 0 amide bonds. The van der Waals surface area contributed by atoms with Gasteiger partial charge in [0, 0.05) is 21.1 Å². The number of nitrogens with zero attached hydrogens (tertiary/aromatic N) is 1. The number of nitrogens with two attached hydrogens (primary N) is 2. The van der Waals surface area contributed by atoms with Crippen molar-refractivity contribution in [3.8, 4) is 0 Å². The number of aromatic nitrogens is 2. The Hall–Kier alpha value is -1.24. The van der Waals surface area contributed by atoms with Gasteiger partial charge in [0.25, 0.3) is 0 Å². The van der Waals surface area contributed by atoms with Crippen molar-refractivity contribution in [3.63, 3.8) is 0 Å². The molecule has 0 aromatic carbocycles. The molecule has 9 heteroatoms. The third-order valence-corrected chi connectivity index (χ3v) is 0.939. The van der Waals surface area contributed by atoms with Gasteiger partial charge < -0.3 is 27.4 Å². The molecule has 1 rings (SSSR count). The number of nitrogens with one attached hydrogen (secondary N) is 1. The first kappa shape index (κ1) is 18.5. The number of rotatable bonds is 1. The van der Waals surface area contributed by atoms with Gasteiger partial charge in [-0.15, -0.1) is 0 Å². The van der Waals surface area contributed by atoms with Crippen LogP contribution in [-0.2, 0) is 21.1 Å². The van der Waals surface area contributed by atoms with E-state index in [0.717, 1.165) is 6.07 Å². The molecule has 0 saturated carbocycles. The van der Waals surface area contributed by atoms with E-state index >= 15 is 0 Å². The molecule has 14 heavy (non-hydrogen) atoms. The molecule has 0 radical (unpaired) electrons. The maximum absolute atomic E-state index is 10.5. The van der Waals surface area contributed by atoms with E-state index in [1.807, 2.05) is 0 Å². The van der Waals surface area contributed by atoms with Gasteiger partial charge in [0.2, 0.25) is 0 Å². The Kier molecular flexibility index (Phi) is 9.51. The molecule has 1 heterocycles. The minimum atomic E-state index is -1.40. The van der Waals surface area contributed by atoms with Gasteiger partial charge in [-0.3, -0.25) is 9.59 Å². The molecular formula is C5H7N4O4Pt-3. The van der Waals surface area contributed by atoms with Gasteiger partial charge in [-0.05, 0) is 6.07 Å². The number of carboxylic acids is 1. The summed E-state index contributed by atoms with van der Waals surface area (Å²) in [5.41, 5.74) is -2.25. The minimum Gasteiger partial charge on any atom is -0.693 e. The van der Waals surface area contributed by atoms with Crippen molar-refractivity contribution in [1.29, 1.82) is 0 Å². The van der Waals surface area contributed by atoms with E-state index in [2.05, 4.69) is 4.98 Å². The molecule has 6 N–H and O–H groups in total. The van der Waals surface area contributed by atoms with E-state index in [0.29, 0.717) is 0 Å². The number of aromatic carboxylic acids is 1. The molecule has 0 unspecified atom stereocenters. The minimum absolute atomic E-state index is 0. The van der Waals surface area contributed by atoms with Crippen molar-refractivity contribution in [3.05, 3.63) is 44.9 Å². The van der Waals surface area contributed by atoms with Crippen LogP contribution in [-0.4, -0.2) is 16.1 Å². The molecule has 1 aromatic rings. The largest absolute Gasteiger partial charge is 0.693 e. The van der Waals surface area contributed by atoms with Crippen LogP contribution in [0.2, 0.25) is 0 Å². The topological polar surface area (TPSA) is 168 Å². The fourth-order valence-electron chi connectivity index (χ4n) is 0.545. The Bertz CT molecular complexity index is 369. The number of H-pyrrole nitrogens is 1. The van der Waals surface area contributed by atoms with Crippen LogP contribution in [0.5, 0.6) is 0 Å². The maximum Gasteiger partial charge on any atom is 0.331 e. The summed E-state index contributed by atoms with van der Waals surface area (Å²) in [5.74, 6) is -1.40. The quantitative estimate of drug-likeness (QED) is 0.686. The summed E-state index contributed by atoms with van der Waals surface area (Å²) in [4.78, 5) is 35.8. The molecule has 1 aromatic heterocycles. The predicted octanol–water partition coefficient (Wildman–Crippen LogP) is -0.178. The molecule has 0 aliphatic rings. The standard InChI is InChI=1S/C5H4N2O4.2H2N.Pt/c8-3-1-2(4(9)10)6-5(11)7-3;;;/h1H,(H3,6,7,8,9,10,11);2*1H2;/q;2*-1;/p-1. The predicted molar refractivity (Wildman–Crippen MR) is 44.2 cm³/mol. The summed E-state index contributed by atoms with van der Waals surface area (Å²) in [6.07, 6.45) is 0. The Labute approximate surface area is 92.2 Å². The van der Waals surface area contributed by atoms with Crippen LogP contribution in [0.15, 0.2) is 15.7 Å². The fourth-order valence-corrected chi connectivity index (χ4v) is 0.545. The molecule has 0 aliphatic heterocycles. The Morgan fingerprint density at radius 2 is 1.86 bits per heavy atom. The molecule has 0 bridgehead atoms. The van der Waals surface area contributed by atoms with Crippen LogP contribution in [0.3, 0.4) is 0 Å². The van der Waals surface area contributed by atoms with Crippen molar-refractivity contribution in [2.24, 2.45) is 0 Å². The summed E-state index contributed by atoms with van der Waals surface area (Å²) < 4.78 is 0. The van der Waals surface area contributed by atoms with Crippen LogP contribution in [0.25, 0.3) is 12.3 Å². The van der Waals surface area contributed by atoms with Crippen LogP contribution < -0.4 is 16.2 Å². The van der Waals surface area contributed by atoms with E-state index in [1.165, 1.54) is 0 Å². The zero-order valence-corrected chi connectivity index (χ0v) is 8.94. The molecule has 0 aliphatic carbocycles.